The highest BCUT2D eigenvalue weighted by atomic mass is 79.9. The molecule has 10 heteroatoms. The third-order valence-corrected chi connectivity index (χ3v) is 11.2. The molecule has 23 heavy (non-hydrogen) atoms. The zero-order valence-electron chi connectivity index (χ0n) is 10.9. The monoisotopic (exact) mass is 823 g/mol. The molecule has 2 aromatic carbocycles. The first kappa shape index (κ1) is 21.2. The highest BCUT2D eigenvalue weighted by Crippen LogP contribution is 2.54. The van der Waals surface area contributed by atoms with Gasteiger partial charge in [0.1, 0.15) is 0 Å². The summed E-state index contributed by atoms with van der Waals surface area (Å²) in [6.45, 7) is 0. The van der Waals surface area contributed by atoms with Crippen LogP contribution in [-0.2, 0) is 0 Å². The zero-order chi connectivity index (χ0) is 17.5. The topological polar surface area (TPSA) is 18.5 Å². The average molecular weight is 831 g/mol. The van der Waals surface area contributed by atoms with Crippen molar-refractivity contribution < 1.29 is 9.47 Å². The number of methoxy groups -OCH3 is 1. The van der Waals surface area contributed by atoms with Gasteiger partial charge in [-0.25, -0.2) is 0 Å². The molecular weight excluding hydrogens is 827 g/mol. The molecule has 0 atom stereocenters. The average Bonchev–Trinajstić information content (AvgIpc) is 2.52. The molecule has 0 radical (unpaired) electrons. The van der Waals surface area contributed by atoms with Crippen LogP contribution in [0, 0.1) is 0 Å². The van der Waals surface area contributed by atoms with Crippen LogP contribution in [0.4, 0.5) is 0 Å². The second kappa shape index (κ2) is 8.71. The molecule has 0 aliphatic heterocycles. The Morgan fingerprint density at radius 1 is 0.565 bits per heavy atom. The van der Waals surface area contributed by atoms with Gasteiger partial charge in [-0.15, -0.1) is 0 Å². The lowest BCUT2D eigenvalue weighted by Gasteiger charge is -2.19. The van der Waals surface area contributed by atoms with E-state index in [2.05, 4.69) is 127 Å². The van der Waals surface area contributed by atoms with E-state index in [0.29, 0.717) is 17.2 Å². The van der Waals surface area contributed by atoms with E-state index in [1.807, 2.05) is 6.07 Å². The van der Waals surface area contributed by atoms with Crippen molar-refractivity contribution in [1.82, 2.24) is 0 Å². The van der Waals surface area contributed by atoms with Crippen molar-refractivity contribution in [3.8, 4) is 17.2 Å². The Bertz CT molecular complexity index is 765. The lowest BCUT2D eigenvalue weighted by Crippen LogP contribution is -1.96. The minimum Gasteiger partial charge on any atom is -0.492 e. The summed E-state index contributed by atoms with van der Waals surface area (Å²) < 4.78 is 18.0. The van der Waals surface area contributed by atoms with E-state index in [9.17, 15) is 0 Å². The first-order valence-corrected chi connectivity index (χ1v) is 12.0. The third kappa shape index (κ3) is 4.25. The first-order chi connectivity index (χ1) is 10.7. The van der Waals surface area contributed by atoms with Gasteiger partial charge >= 0.3 is 0 Å². The van der Waals surface area contributed by atoms with Gasteiger partial charge in [-0.05, 0) is 134 Å². The van der Waals surface area contributed by atoms with E-state index in [-0.39, 0.29) is 0 Å². The van der Waals surface area contributed by atoms with Gasteiger partial charge in [0, 0.05) is 8.95 Å². The Kier molecular flexibility index (Phi) is 8.02. The van der Waals surface area contributed by atoms with Crippen molar-refractivity contribution in [1.29, 1.82) is 0 Å². The Labute approximate surface area is 200 Å². The van der Waals surface area contributed by atoms with E-state index in [1.54, 1.807) is 7.11 Å². The molecule has 0 fully saturated rings. The molecule has 0 unspecified atom stereocenters. The summed E-state index contributed by atoms with van der Waals surface area (Å²) in [7, 11) is 1.58. The van der Waals surface area contributed by atoms with Gasteiger partial charge in [0.15, 0.2) is 17.2 Å². The Morgan fingerprint density at radius 3 is 1.43 bits per heavy atom. The summed E-state index contributed by atoms with van der Waals surface area (Å²) in [5.74, 6) is 1.69. The number of hydrogen-bond donors (Lipinski definition) is 0. The lowest BCUT2D eigenvalue weighted by molar-refractivity contribution is 0.373. The Morgan fingerprint density at radius 2 is 1.00 bits per heavy atom. The number of hydrogen-bond acceptors (Lipinski definition) is 2. The van der Waals surface area contributed by atoms with Crippen molar-refractivity contribution in [2.24, 2.45) is 0 Å². The van der Waals surface area contributed by atoms with E-state index >= 15 is 0 Å². The third-order valence-electron chi connectivity index (χ3n) is 2.66. The van der Waals surface area contributed by atoms with E-state index in [4.69, 9.17) is 9.47 Å². The number of halogens is 8. The molecule has 0 aromatic heterocycles. The standard InChI is InChI=1S/C13H4Br8O2/c1-22-12-9(20)7(18)8(19)10(21)13(12)23-11-5(16)3(14)2-4(15)6(11)17/h2H,1H3. The Balaban J connectivity index is 2.72. The van der Waals surface area contributed by atoms with Crippen LogP contribution in [-0.4, -0.2) is 7.11 Å². The highest BCUT2D eigenvalue weighted by molar-refractivity contribution is 9.15. The maximum atomic E-state index is 6.16. The minimum absolute atomic E-state index is 0.529. The summed E-state index contributed by atoms with van der Waals surface area (Å²) in [4.78, 5) is 0. The second-order valence-corrected chi connectivity index (χ2v) is 10.5. The number of ether oxygens (including phenoxy) is 2. The predicted octanol–water partition coefficient (Wildman–Crippen LogP) is 9.59. The van der Waals surface area contributed by atoms with Crippen molar-refractivity contribution in [3.63, 3.8) is 0 Å². The molecule has 0 saturated heterocycles. The van der Waals surface area contributed by atoms with Gasteiger partial charge in [0.05, 0.1) is 33.9 Å². The van der Waals surface area contributed by atoms with Gasteiger partial charge in [0.25, 0.3) is 0 Å². The summed E-state index contributed by atoms with van der Waals surface area (Å²) in [5.41, 5.74) is 0. The van der Waals surface area contributed by atoms with Crippen molar-refractivity contribution in [2.45, 2.75) is 0 Å². The van der Waals surface area contributed by atoms with Gasteiger partial charge in [-0.2, -0.15) is 0 Å². The first-order valence-electron chi connectivity index (χ1n) is 5.61. The summed E-state index contributed by atoms with van der Waals surface area (Å²) in [6, 6.07) is 1.92. The molecule has 2 rings (SSSR count). The molecule has 2 aromatic rings. The maximum absolute atomic E-state index is 6.16. The molecule has 0 aliphatic rings. The SMILES string of the molecule is COc1c(Br)c(Br)c(Br)c(Br)c1Oc1c(Br)c(Br)cc(Br)c1Br. The van der Waals surface area contributed by atoms with Gasteiger partial charge < -0.3 is 9.47 Å². The zero-order valence-corrected chi connectivity index (χ0v) is 23.6. The van der Waals surface area contributed by atoms with Crippen molar-refractivity contribution in [2.75, 3.05) is 7.11 Å². The van der Waals surface area contributed by atoms with Crippen LogP contribution in [0.15, 0.2) is 41.8 Å². The Hall–Kier alpha value is 1.88. The molecule has 0 aliphatic carbocycles. The van der Waals surface area contributed by atoms with Crippen LogP contribution < -0.4 is 9.47 Å². The molecule has 0 spiro atoms. The quantitative estimate of drug-likeness (QED) is 0.227. The largest absolute Gasteiger partial charge is 0.492 e. The van der Waals surface area contributed by atoms with Crippen LogP contribution in [0.5, 0.6) is 17.2 Å². The molecular formula is C13H4Br8O2. The fraction of sp³-hybridized carbons (Fsp3) is 0.0769. The van der Waals surface area contributed by atoms with Crippen LogP contribution in [0.25, 0.3) is 0 Å². The maximum Gasteiger partial charge on any atom is 0.185 e. The molecule has 0 N–H and O–H groups in total. The van der Waals surface area contributed by atoms with Crippen LogP contribution in [0.1, 0.15) is 0 Å². The highest BCUT2D eigenvalue weighted by Gasteiger charge is 2.24. The van der Waals surface area contributed by atoms with Crippen LogP contribution >= 0.6 is 127 Å². The summed E-state index contributed by atoms with van der Waals surface area (Å²) in [5, 5.41) is 0. The van der Waals surface area contributed by atoms with Crippen LogP contribution in [0.3, 0.4) is 0 Å². The van der Waals surface area contributed by atoms with Crippen LogP contribution in [0.2, 0.25) is 0 Å². The van der Waals surface area contributed by atoms with E-state index < -0.39 is 0 Å². The summed E-state index contributed by atoms with van der Waals surface area (Å²) >= 11 is 28.1. The fourth-order valence-electron chi connectivity index (χ4n) is 1.61. The minimum atomic E-state index is 0.529. The normalized spacial score (nSPS) is 10.8. The number of benzene rings is 2. The molecule has 0 amide bonds. The predicted molar refractivity (Wildman–Crippen MR) is 121 cm³/mol. The van der Waals surface area contributed by atoms with Gasteiger partial charge in [-0.1, -0.05) is 0 Å². The summed E-state index contributed by atoms with van der Waals surface area (Å²) in [6.07, 6.45) is 0. The molecule has 2 nitrogen and oxygen atoms in total. The molecule has 0 bridgehead atoms. The molecule has 0 saturated carbocycles. The fourth-order valence-corrected chi connectivity index (χ4v) is 6.07. The van der Waals surface area contributed by atoms with Gasteiger partial charge in [0.2, 0.25) is 0 Å². The lowest BCUT2D eigenvalue weighted by atomic mass is 10.3. The second-order valence-electron chi connectivity index (χ2n) is 4.02. The van der Waals surface area contributed by atoms with Crippen molar-refractivity contribution >= 4 is 127 Å². The molecule has 0 heterocycles. The number of rotatable bonds is 3. The molecule has 124 valence electrons. The van der Waals surface area contributed by atoms with Gasteiger partial charge in [-0.3, -0.25) is 0 Å². The smallest absolute Gasteiger partial charge is 0.185 e. The van der Waals surface area contributed by atoms with E-state index in [0.717, 1.165) is 35.8 Å². The van der Waals surface area contributed by atoms with Crippen molar-refractivity contribution in [3.05, 3.63) is 41.8 Å². The van der Waals surface area contributed by atoms with E-state index in [1.165, 1.54) is 0 Å².